The monoisotopic (exact) mass is 467 g/mol. The van der Waals surface area contributed by atoms with Crippen LogP contribution in [0.25, 0.3) is 11.0 Å². The van der Waals surface area contributed by atoms with Gasteiger partial charge in [0.15, 0.2) is 5.43 Å². The van der Waals surface area contributed by atoms with Crippen LogP contribution in [0.4, 0.5) is 18.9 Å². The molecule has 1 atom stereocenters. The van der Waals surface area contributed by atoms with Crippen molar-refractivity contribution in [1.29, 1.82) is 0 Å². The molecule has 0 saturated heterocycles. The van der Waals surface area contributed by atoms with Gasteiger partial charge < -0.3 is 14.5 Å². The van der Waals surface area contributed by atoms with Crippen LogP contribution >= 0.6 is 0 Å². The van der Waals surface area contributed by atoms with Gasteiger partial charge in [-0.1, -0.05) is 48.5 Å². The van der Waals surface area contributed by atoms with Gasteiger partial charge in [-0.25, -0.2) is 4.79 Å². The number of carbonyl (C=O) groups is 2. The fraction of sp³-hybridized carbons (Fsp3) is 0.0800. The average Bonchev–Trinajstić information content (AvgIpc) is 2.82. The molecule has 1 heterocycles. The smallest absolute Gasteiger partial charge is 0.416 e. The lowest BCUT2D eigenvalue weighted by molar-refractivity contribution is -0.137. The van der Waals surface area contributed by atoms with Crippen LogP contribution in [0.2, 0.25) is 0 Å². The lowest BCUT2D eigenvalue weighted by Crippen LogP contribution is -2.26. The minimum absolute atomic E-state index is 0.131. The van der Waals surface area contributed by atoms with Crippen LogP contribution < -0.4 is 10.7 Å². The zero-order chi connectivity index (χ0) is 24.3. The molecule has 4 rings (SSSR count). The maximum absolute atomic E-state index is 13.0. The van der Waals surface area contributed by atoms with E-state index in [-0.39, 0.29) is 22.2 Å². The minimum atomic E-state index is -4.60. The van der Waals surface area contributed by atoms with Gasteiger partial charge in [-0.05, 0) is 30.3 Å². The molecule has 172 valence electrons. The molecule has 0 aliphatic heterocycles. The first-order valence-corrected chi connectivity index (χ1v) is 9.99. The van der Waals surface area contributed by atoms with E-state index < -0.39 is 40.9 Å². The van der Waals surface area contributed by atoms with E-state index in [1.807, 2.05) is 0 Å². The first kappa shape index (κ1) is 22.8. The average molecular weight is 467 g/mol. The van der Waals surface area contributed by atoms with Gasteiger partial charge in [-0.15, -0.1) is 0 Å². The third kappa shape index (κ3) is 4.98. The van der Waals surface area contributed by atoms with Crippen molar-refractivity contribution in [2.45, 2.75) is 12.3 Å². The Bertz CT molecular complexity index is 1410. The standard InChI is InChI=1S/C25H16F3NO5/c26-25(27,28)16-9-6-10-17(13-16)29-23(31)22(15-7-2-1-3-8-15)34-24(32)21-14-19(30)18-11-4-5-12-20(18)33-21/h1-14,22H,(H,29,31)/t22-/m0/s1. The topological polar surface area (TPSA) is 85.6 Å². The van der Waals surface area contributed by atoms with Crippen molar-refractivity contribution in [3.8, 4) is 0 Å². The molecule has 0 aliphatic carbocycles. The summed E-state index contributed by atoms with van der Waals surface area (Å²) >= 11 is 0. The Morgan fingerprint density at radius 3 is 2.32 bits per heavy atom. The molecule has 0 bridgehead atoms. The van der Waals surface area contributed by atoms with Crippen molar-refractivity contribution in [3.63, 3.8) is 0 Å². The maximum atomic E-state index is 13.0. The molecule has 1 aromatic heterocycles. The fourth-order valence-corrected chi connectivity index (χ4v) is 3.25. The normalized spacial score (nSPS) is 12.2. The van der Waals surface area contributed by atoms with Gasteiger partial charge in [0.2, 0.25) is 11.9 Å². The van der Waals surface area contributed by atoms with Gasteiger partial charge in [0.05, 0.1) is 10.9 Å². The number of carbonyl (C=O) groups excluding carboxylic acids is 2. The number of hydrogen-bond acceptors (Lipinski definition) is 5. The second kappa shape index (κ2) is 9.22. The number of ether oxygens (including phenoxy) is 1. The second-order valence-corrected chi connectivity index (χ2v) is 7.23. The van der Waals surface area contributed by atoms with E-state index in [0.29, 0.717) is 0 Å². The highest BCUT2D eigenvalue weighted by atomic mass is 19.4. The molecule has 1 amide bonds. The number of nitrogens with one attached hydrogen (secondary N) is 1. The lowest BCUT2D eigenvalue weighted by atomic mass is 10.1. The van der Waals surface area contributed by atoms with Gasteiger partial charge in [0, 0.05) is 17.3 Å². The largest absolute Gasteiger partial charge is 0.449 e. The van der Waals surface area contributed by atoms with E-state index in [4.69, 9.17) is 9.15 Å². The van der Waals surface area contributed by atoms with Crippen molar-refractivity contribution >= 4 is 28.5 Å². The van der Waals surface area contributed by atoms with Crippen molar-refractivity contribution in [3.05, 3.63) is 112 Å². The summed E-state index contributed by atoms with van der Waals surface area (Å²) in [6.45, 7) is 0. The number of rotatable bonds is 5. The molecular formula is C25H16F3NO5. The summed E-state index contributed by atoms with van der Waals surface area (Å²) < 4.78 is 49.9. The number of amides is 1. The molecule has 0 aliphatic rings. The Morgan fingerprint density at radius 2 is 1.59 bits per heavy atom. The van der Waals surface area contributed by atoms with Crippen molar-refractivity contribution < 1.29 is 31.9 Å². The van der Waals surface area contributed by atoms with Crippen LogP contribution in [-0.4, -0.2) is 11.9 Å². The summed E-state index contributed by atoms with van der Waals surface area (Å²) in [7, 11) is 0. The Kier molecular flexibility index (Phi) is 6.18. The zero-order valence-corrected chi connectivity index (χ0v) is 17.3. The number of esters is 1. The molecule has 3 aromatic carbocycles. The molecular weight excluding hydrogens is 451 g/mol. The molecule has 1 N–H and O–H groups in total. The van der Waals surface area contributed by atoms with Crippen molar-refractivity contribution in [2.24, 2.45) is 0 Å². The molecule has 9 heteroatoms. The number of benzene rings is 3. The van der Waals surface area contributed by atoms with Gasteiger partial charge in [-0.2, -0.15) is 13.2 Å². The fourth-order valence-electron chi connectivity index (χ4n) is 3.25. The van der Waals surface area contributed by atoms with E-state index in [0.717, 1.165) is 24.3 Å². The minimum Gasteiger partial charge on any atom is -0.449 e. The van der Waals surface area contributed by atoms with Crippen molar-refractivity contribution in [1.82, 2.24) is 0 Å². The molecule has 34 heavy (non-hydrogen) atoms. The Balaban J connectivity index is 1.63. The van der Waals surface area contributed by atoms with Gasteiger partial charge in [0.1, 0.15) is 5.58 Å². The van der Waals surface area contributed by atoms with Gasteiger partial charge >= 0.3 is 12.1 Å². The number of alkyl halides is 3. The van der Waals surface area contributed by atoms with E-state index >= 15 is 0 Å². The summed E-state index contributed by atoms with van der Waals surface area (Å²) in [6.07, 6.45) is -6.13. The summed E-state index contributed by atoms with van der Waals surface area (Å²) in [5.74, 6) is -2.39. The summed E-state index contributed by atoms with van der Waals surface area (Å²) in [6, 6.07) is 19.2. The van der Waals surface area contributed by atoms with Crippen LogP contribution in [-0.2, 0) is 15.7 Å². The Morgan fingerprint density at radius 1 is 0.882 bits per heavy atom. The number of para-hydroxylation sites is 1. The second-order valence-electron chi connectivity index (χ2n) is 7.23. The van der Waals surface area contributed by atoms with E-state index in [2.05, 4.69) is 5.32 Å². The highest BCUT2D eigenvalue weighted by Crippen LogP contribution is 2.31. The first-order chi connectivity index (χ1) is 16.2. The number of fused-ring (bicyclic) bond motifs is 1. The quantitative estimate of drug-likeness (QED) is 0.400. The van der Waals surface area contributed by atoms with Gasteiger partial charge in [-0.3, -0.25) is 9.59 Å². The predicted molar refractivity (Wildman–Crippen MR) is 117 cm³/mol. The molecule has 0 spiro atoms. The highest BCUT2D eigenvalue weighted by Gasteiger charge is 2.31. The third-order valence-electron chi connectivity index (χ3n) is 4.86. The Labute approximate surface area is 190 Å². The van der Waals surface area contributed by atoms with E-state index in [1.165, 1.54) is 30.3 Å². The SMILES string of the molecule is O=C(O[C@H](C(=O)Nc1cccc(C(F)(F)F)c1)c1ccccc1)c1cc(=O)c2ccccc2o1. The summed E-state index contributed by atoms with van der Waals surface area (Å²) in [4.78, 5) is 38.1. The first-order valence-electron chi connectivity index (χ1n) is 9.99. The highest BCUT2D eigenvalue weighted by molar-refractivity contribution is 5.98. The number of hydrogen-bond donors (Lipinski definition) is 1. The number of halogens is 3. The van der Waals surface area contributed by atoms with E-state index in [1.54, 1.807) is 30.3 Å². The molecule has 0 unspecified atom stereocenters. The third-order valence-corrected chi connectivity index (χ3v) is 4.86. The van der Waals surface area contributed by atoms with Crippen molar-refractivity contribution in [2.75, 3.05) is 5.32 Å². The Hall–Kier alpha value is -4.40. The molecule has 4 aromatic rings. The predicted octanol–water partition coefficient (Wildman–Crippen LogP) is 5.35. The lowest BCUT2D eigenvalue weighted by Gasteiger charge is -2.18. The summed E-state index contributed by atoms with van der Waals surface area (Å²) in [5.41, 5.74) is -1.13. The molecule has 6 nitrogen and oxygen atoms in total. The number of anilines is 1. The van der Waals surface area contributed by atoms with Crippen LogP contribution in [0.1, 0.15) is 27.8 Å². The summed E-state index contributed by atoms with van der Waals surface area (Å²) in [5, 5.41) is 2.61. The van der Waals surface area contributed by atoms with E-state index in [9.17, 15) is 27.6 Å². The molecule has 0 fully saturated rings. The van der Waals surface area contributed by atoms with Crippen LogP contribution in [0.3, 0.4) is 0 Å². The molecule has 0 saturated carbocycles. The van der Waals surface area contributed by atoms with Crippen LogP contribution in [0.15, 0.2) is 94.1 Å². The zero-order valence-electron chi connectivity index (χ0n) is 17.3. The van der Waals surface area contributed by atoms with Crippen LogP contribution in [0, 0.1) is 0 Å². The van der Waals surface area contributed by atoms with Gasteiger partial charge in [0.25, 0.3) is 5.91 Å². The molecule has 0 radical (unpaired) electrons. The van der Waals surface area contributed by atoms with Crippen LogP contribution in [0.5, 0.6) is 0 Å². The maximum Gasteiger partial charge on any atom is 0.416 e.